The van der Waals surface area contributed by atoms with E-state index in [9.17, 15) is 0 Å². The van der Waals surface area contributed by atoms with Crippen molar-refractivity contribution in [3.63, 3.8) is 0 Å². The quantitative estimate of drug-likeness (QED) is 0.515. The number of hydrogen-bond acceptors (Lipinski definition) is 0. The van der Waals surface area contributed by atoms with Crippen molar-refractivity contribution in [2.24, 2.45) is 0 Å². The zero-order valence-electron chi connectivity index (χ0n) is 4.19. The van der Waals surface area contributed by atoms with Gasteiger partial charge in [-0.1, -0.05) is 0 Å². The van der Waals surface area contributed by atoms with Gasteiger partial charge in [-0.15, -0.1) is 0 Å². The molecule has 0 bridgehead atoms. The van der Waals surface area contributed by atoms with Crippen LogP contribution < -0.4 is 0 Å². The van der Waals surface area contributed by atoms with Gasteiger partial charge in [0.05, 0.1) is 0 Å². The van der Waals surface area contributed by atoms with Gasteiger partial charge >= 0.3 is 45.5 Å². The Morgan fingerprint density at radius 1 is 1.25 bits per heavy atom. The first-order chi connectivity index (χ1) is 0. The number of rotatable bonds is 0. The number of hydrogen-bond donors (Lipinski definition) is 0. The summed E-state index contributed by atoms with van der Waals surface area (Å²) in [5.41, 5.74) is 0. The Bertz CT molecular complexity index is 13.5. The average Bonchev–Trinajstić information content (AvgIpc) is 0. The maximum atomic E-state index is 0. The average molecular weight is 299 g/mol. The summed E-state index contributed by atoms with van der Waals surface area (Å²) in [7, 11) is 0. The van der Waals surface area contributed by atoms with Gasteiger partial charge in [-0.3, -0.25) is 0 Å². The summed E-state index contributed by atoms with van der Waals surface area (Å²) in [6.45, 7) is 0. The van der Waals surface area contributed by atoms with Crippen LogP contribution in [0.1, 0.15) is 2.85 Å². The van der Waals surface area contributed by atoms with E-state index in [-0.39, 0.29) is 107 Å². The van der Waals surface area contributed by atoms with Crippen LogP contribution in [0.3, 0.4) is 0 Å². The van der Waals surface area contributed by atoms with E-state index in [2.05, 4.69) is 0 Å². The van der Waals surface area contributed by atoms with Gasteiger partial charge in [-0.2, -0.15) is 0 Å². The molecule has 0 aliphatic heterocycles. The van der Waals surface area contributed by atoms with Crippen molar-refractivity contribution in [2.45, 2.75) is 0 Å². The molecule has 4 heteroatoms. The second-order valence-electron chi connectivity index (χ2n) is 0. The molecule has 0 aliphatic rings. The zero-order valence-corrected chi connectivity index (χ0v) is 10.6. The van der Waals surface area contributed by atoms with Crippen molar-refractivity contribution >= 4 is 45.5 Å². The summed E-state index contributed by atoms with van der Waals surface area (Å²) in [6.07, 6.45) is 0. The normalized spacial score (nSPS) is 0. The van der Waals surface area contributed by atoms with E-state index in [1.807, 2.05) is 0 Å². The van der Waals surface area contributed by atoms with Crippen LogP contribution in [0.15, 0.2) is 0 Å². The summed E-state index contributed by atoms with van der Waals surface area (Å²) in [5, 5.41) is 0. The molecule has 0 aromatic rings. The van der Waals surface area contributed by atoms with Crippen molar-refractivity contribution in [1.82, 2.24) is 0 Å². The van der Waals surface area contributed by atoms with Crippen molar-refractivity contribution < 1.29 is 61.3 Å². The molecule has 0 saturated heterocycles. The molecule has 4 heavy (non-hydrogen) atoms. The van der Waals surface area contributed by atoms with Gasteiger partial charge in [0, 0.05) is 53.0 Å². The third-order valence-corrected chi connectivity index (χ3v) is 0. The summed E-state index contributed by atoms with van der Waals surface area (Å²) in [5.74, 6) is 0. The van der Waals surface area contributed by atoms with Crippen molar-refractivity contribution in [2.75, 3.05) is 0 Å². The molecule has 2 N–H and O–H groups in total. The fourth-order valence-electron chi connectivity index (χ4n) is 0. The first-order valence-corrected chi connectivity index (χ1v) is 0. The predicted octanol–water partition coefficient (Wildman–Crippen LogP) is -0.983. The van der Waals surface area contributed by atoms with Crippen molar-refractivity contribution in [3.05, 3.63) is 0 Å². The van der Waals surface area contributed by atoms with Crippen LogP contribution in [0.4, 0.5) is 0 Å². The molecule has 1 nitrogen and oxygen atoms in total. The maximum absolute atomic E-state index is 0. The minimum absolute atomic E-state index is 0. The van der Waals surface area contributed by atoms with Crippen LogP contribution in [-0.2, 0) is 17.4 Å². The van der Waals surface area contributed by atoms with Gasteiger partial charge in [-0.05, 0) is 0 Å². The second-order valence-corrected chi connectivity index (χ2v) is 0. The molecular formula is H4CrLaOSr. The molecule has 0 aromatic carbocycles. The van der Waals surface area contributed by atoms with Crippen LogP contribution in [0, 0.1) is 35.6 Å². The Morgan fingerprint density at radius 2 is 1.25 bits per heavy atom. The SMILES string of the molecule is O.[Cr].[H-].[H-].[La].[Sr+2]. The van der Waals surface area contributed by atoms with Gasteiger partial charge in [0.2, 0.25) is 0 Å². The van der Waals surface area contributed by atoms with Gasteiger partial charge in [0.15, 0.2) is 0 Å². The van der Waals surface area contributed by atoms with Gasteiger partial charge < -0.3 is 8.33 Å². The van der Waals surface area contributed by atoms with Crippen LogP contribution >= 0.6 is 0 Å². The largest absolute Gasteiger partial charge is 2.00 e. The summed E-state index contributed by atoms with van der Waals surface area (Å²) >= 11 is 0. The van der Waals surface area contributed by atoms with Crippen LogP contribution in [0.25, 0.3) is 0 Å². The minimum atomic E-state index is 0. The fourth-order valence-corrected chi connectivity index (χ4v) is 0. The third kappa shape index (κ3) is 8.95. The maximum Gasteiger partial charge on any atom is 2.00 e. The Balaban J connectivity index is 0. The smallest absolute Gasteiger partial charge is 1.00 e. The molecule has 21 valence electrons. The molecule has 0 aliphatic carbocycles. The first kappa shape index (κ1) is 27.2. The van der Waals surface area contributed by atoms with Crippen LogP contribution in [0.5, 0.6) is 0 Å². The second kappa shape index (κ2) is 16.4. The molecule has 0 unspecified atom stereocenters. The van der Waals surface area contributed by atoms with E-state index in [1.165, 1.54) is 0 Å². The van der Waals surface area contributed by atoms with Gasteiger partial charge in [0.25, 0.3) is 0 Å². The van der Waals surface area contributed by atoms with E-state index < -0.39 is 0 Å². The van der Waals surface area contributed by atoms with Crippen LogP contribution in [0.2, 0.25) is 0 Å². The summed E-state index contributed by atoms with van der Waals surface area (Å²) in [6, 6.07) is 0. The molecule has 0 heterocycles. The molecule has 0 rings (SSSR count). The summed E-state index contributed by atoms with van der Waals surface area (Å²) in [4.78, 5) is 0. The van der Waals surface area contributed by atoms with E-state index in [0.29, 0.717) is 0 Å². The molecule has 0 atom stereocenters. The molecule has 0 fully saturated rings. The van der Waals surface area contributed by atoms with Crippen LogP contribution in [-0.4, -0.2) is 51.0 Å². The van der Waals surface area contributed by atoms with E-state index in [1.54, 1.807) is 0 Å². The predicted molar refractivity (Wildman–Crippen MR) is 11.6 cm³/mol. The standard InChI is InChI=1S/Cr.La.H2O.Sr.2H/h;;1H2;;;/q;;;+2;2*-1. The Morgan fingerprint density at radius 3 is 1.25 bits per heavy atom. The van der Waals surface area contributed by atoms with Gasteiger partial charge in [-0.25, -0.2) is 0 Å². The van der Waals surface area contributed by atoms with E-state index in [4.69, 9.17) is 0 Å². The zero-order chi connectivity index (χ0) is 0. The van der Waals surface area contributed by atoms with Gasteiger partial charge in [0.1, 0.15) is 0 Å². The molecular weight excluding hydrogens is 295 g/mol. The monoisotopic (exact) mass is 299 g/mol. The van der Waals surface area contributed by atoms with E-state index in [0.717, 1.165) is 0 Å². The Labute approximate surface area is 104 Å². The van der Waals surface area contributed by atoms with E-state index >= 15 is 0 Å². The Kier molecular flexibility index (Phi) is 112. The molecule has 0 saturated carbocycles. The third-order valence-electron chi connectivity index (χ3n) is 0. The molecule has 0 amide bonds. The fraction of sp³-hybridized carbons (Fsp3) is 0. The summed E-state index contributed by atoms with van der Waals surface area (Å²) < 4.78 is 0. The molecule has 0 spiro atoms. The Hall–Kier alpha value is 3.17. The topological polar surface area (TPSA) is 31.5 Å². The van der Waals surface area contributed by atoms with Crippen molar-refractivity contribution in [3.8, 4) is 0 Å². The first-order valence-electron chi connectivity index (χ1n) is 0. The molecule has 1 radical (unpaired) electrons. The van der Waals surface area contributed by atoms with Crippen molar-refractivity contribution in [1.29, 1.82) is 0 Å². The molecule has 0 aromatic heterocycles. The minimum Gasteiger partial charge on any atom is -1.00 e.